The summed E-state index contributed by atoms with van der Waals surface area (Å²) in [7, 11) is 0. The predicted molar refractivity (Wildman–Crippen MR) is 120 cm³/mol. The maximum atomic E-state index is 12.1. The molecule has 0 aromatic heterocycles. The number of hydrogen-bond acceptors (Lipinski definition) is 8. The molecule has 0 aromatic carbocycles. The minimum absolute atomic E-state index is 0.114. The van der Waals surface area contributed by atoms with Crippen LogP contribution in [0, 0.1) is 0 Å². The van der Waals surface area contributed by atoms with Crippen molar-refractivity contribution in [1.82, 2.24) is 20.1 Å². The fraction of sp³-hybridized carbons (Fsp3) is 0.824. The molecule has 0 saturated heterocycles. The van der Waals surface area contributed by atoms with Gasteiger partial charge in [-0.15, -0.1) is 0 Å². The number of primary amides is 1. The van der Waals surface area contributed by atoms with E-state index in [9.17, 15) is 14.4 Å². The van der Waals surface area contributed by atoms with Crippen molar-refractivity contribution in [2.24, 2.45) is 11.5 Å². The Bertz CT molecular complexity index is 414. The first-order valence-corrected chi connectivity index (χ1v) is 11.9. The van der Waals surface area contributed by atoms with Gasteiger partial charge in [0.25, 0.3) is 0 Å². The zero-order valence-corrected chi connectivity index (χ0v) is 19.0. The fourth-order valence-electron chi connectivity index (χ4n) is 1.93. The Morgan fingerprint density at radius 2 is 1.71 bits per heavy atom. The molecule has 1 unspecified atom stereocenters. The van der Waals surface area contributed by atoms with Gasteiger partial charge in [0.1, 0.15) is 0 Å². The van der Waals surface area contributed by atoms with Gasteiger partial charge in [0.15, 0.2) is 0 Å². The minimum atomic E-state index is -0.595. The number of rotatable bonds is 16. The normalized spacial score (nSPS) is 11.1. The highest BCUT2D eigenvalue weighted by Gasteiger charge is 2.17. The third-order valence-electron chi connectivity index (χ3n) is 3.41. The van der Waals surface area contributed by atoms with Gasteiger partial charge in [0.2, 0.25) is 17.7 Å². The lowest BCUT2D eigenvalue weighted by Crippen LogP contribution is -2.43. The quantitative estimate of drug-likeness (QED) is 0.147. The Kier molecular flexibility index (Phi) is 23.2. The van der Waals surface area contributed by atoms with Crippen molar-refractivity contribution in [1.29, 1.82) is 0 Å². The van der Waals surface area contributed by atoms with Crippen molar-refractivity contribution in [3.8, 4) is 0 Å². The summed E-state index contributed by atoms with van der Waals surface area (Å²) < 4.78 is 6.23. The summed E-state index contributed by atoms with van der Waals surface area (Å²) in [6.07, 6.45) is 9.00. The van der Waals surface area contributed by atoms with E-state index in [1.54, 1.807) is 11.9 Å². The standard InChI is InChI=1S/C13H27N5O3S2.C4H11N/c1-22-17-7-4-3-5-10(18-23-2)13(21)15-8-6-12(20)16-9-11(14)19;1-2-3-4-5/h10,17-18H,3-9H2,1-2H3,(H2,14,19)(H,15,21)(H,16,20);2-5H2,1H3. The SMILES string of the molecule is CCCCN.CSNCCCCC(NSC)C(=O)NCCC(=O)NCC(N)=O. The molecule has 11 heteroatoms. The molecule has 28 heavy (non-hydrogen) atoms. The van der Waals surface area contributed by atoms with Gasteiger partial charge in [-0.3, -0.25) is 23.8 Å². The van der Waals surface area contributed by atoms with Crippen LogP contribution in [-0.4, -0.2) is 62.5 Å². The number of carbonyl (C=O) groups excluding carboxylic acids is 3. The monoisotopic (exact) mass is 438 g/mol. The summed E-state index contributed by atoms with van der Waals surface area (Å²) in [6.45, 7) is 3.93. The molecule has 0 aliphatic carbocycles. The Hall–Kier alpha value is -1.01. The van der Waals surface area contributed by atoms with Crippen LogP contribution in [0.25, 0.3) is 0 Å². The van der Waals surface area contributed by atoms with Crippen LogP contribution < -0.4 is 31.5 Å². The molecular weight excluding hydrogens is 400 g/mol. The summed E-state index contributed by atoms with van der Waals surface area (Å²) in [6, 6.07) is -0.284. The molecular formula is C17H38N6O3S2. The Balaban J connectivity index is 0. The van der Waals surface area contributed by atoms with Gasteiger partial charge in [-0.1, -0.05) is 43.7 Å². The Labute approximate surface area is 177 Å². The van der Waals surface area contributed by atoms with E-state index in [1.165, 1.54) is 24.8 Å². The number of hydrogen-bond donors (Lipinski definition) is 6. The topological polar surface area (TPSA) is 151 Å². The molecule has 3 amide bonds. The molecule has 0 spiro atoms. The van der Waals surface area contributed by atoms with E-state index in [4.69, 9.17) is 11.5 Å². The lowest BCUT2D eigenvalue weighted by atomic mass is 10.1. The van der Waals surface area contributed by atoms with Gasteiger partial charge in [0, 0.05) is 19.5 Å². The molecule has 0 aliphatic rings. The first-order valence-electron chi connectivity index (χ1n) is 9.49. The molecule has 0 radical (unpaired) electrons. The van der Waals surface area contributed by atoms with Crippen LogP contribution in [0.2, 0.25) is 0 Å². The Morgan fingerprint density at radius 3 is 2.21 bits per heavy atom. The summed E-state index contributed by atoms with van der Waals surface area (Å²) in [5.74, 6) is -1.04. The third kappa shape index (κ3) is 21.3. The average Bonchev–Trinajstić information content (AvgIpc) is 2.66. The van der Waals surface area contributed by atoms with Crippen LogP contribution >= 0.6 is 23.9 Å². The van der Waals surface area contributed by atoms with Gasteiger partial charge in [-0.2, -0.15) is 0 Å². The highest BCUT2D eigenvalue weighted by Crippen LogP contribution is 2.04. The third-order valence-corrected chi connectivity index (χ3v) is 4.42. The second kappa shape index (κ2) is 22.3. The maximum absolute atomic E-state index is 12.1. The van der Waals surface area contributed by atoms with Crippen molar-refractivity contribution >= 4 is 41.6 Å². The highest BCUT2D eigenvalue weighted by molar-refractivity contribution is 7.96. The van der Waals surface area contributed by atoms with Gasteiger partial charge in [-0.05, 0) is 38.3 Å². The summed E-state index contributed by atoms with van der Waals surface area (Å²) in [4.78, 5) is 34.0. The van der Waals surface area contributed by atoms with E-state index >= 15 is 0 Å². The van der Waals surface area contributed by atoms with Crippen LogP contribution in [0.15, 0.2) is 0 Å². The minimum Gasteiger partial charge on any atom is -0.368 e. The van der Waals surface area contributed by atoms with Gasteiger partial charge in [0.05, 0.1) is 12.6 Å². The summed E-state index contributed by atoms with van der Waals surface area (Å²) >= 11 is 2.98. The van der Waals surface area contributed by atoms with Gasteiger partial charge < -0.3 is 22.1 Å². The van der Waals surface area contributed by atoms with Gasteiger partial charge in [-0.25, -0.2) is 0 Å². The van der Waals surface area contributed by atoms with E-state index in [-0.39, 0.29) is 37.4 Å². The second-order valence-electron chi connectivity index (χ2n) is 5.90. The average molecular weight is 439 g/mol. The van der Waals surface area contributed by atoms with E-state index in [0.717, 1.165) is 32.4 Å². The summed E-state index contributed by atoms with van der Waals surface area (Å²) in [5.41, 5.74) is 10.1. The molecule has 0 aliphatic heterocycles. The van der Waals surface area contributed by atoms with Gasteiger partial charge >= 0.3 is 0 Å². The number of carbonyl (C=O) groups is 3. The van der Waals surface area contributed by atoms with Crippen LogP contribution in [-0.2, 0) is 14.4 Å². The summed E-state index contributed by atoms with van der Waals surface area (Å²) in [5, 5.41) is 5.10. The van der Waals surface area contributed by atoms with Crippen LogP contribution in [0.1, 0.15) is 45.4 Å². The largest absolute Gasteiger partial charge is 0.368 e. The van der Waals surface area contributed by atoms with E-state index < -0.39 is 5.91 Å². The lowest BCUT2D eigenvalue weighted by molar-refractivity contribution is -0.125. The zero-order valence-electron chi connectivity index (χ0n) is 17.3. The highest BCUT2D eigenvalue weighted by atomic mass is 32.2. The van der Waals surface area contributed by atoms with Crippen molar-refractivity contribution in [2.75, 3.05) is 38.7 Å². The number of nitrogens with two attached hydrogens (primary N) is 2. The molecule has 0 heterocycles. The smallest absolute Gasteiger partial charge is 0.238 e. The van der Waals surface area contributed by atoms with Crippen LogP contribution in [0.5, 0.6) is 0 Å². The molecule has 0 rings (SSSR count). The zero-order chi connectivity index (χ0) is 21.6. The molecule has 0 saturated carbocycles. The molecule has 9 nitrogen and oxygen atoms in total. The molecule has 166 valence electrons. The second-order valence-corrected chi connectivity index (χ2v) is 7.24. The fourth-order valence-corrected chi connectivity index (χ4v) is 2.79. The molecule has 0 fully saturated rings. The van der Waals surface area contributed by atoms with Crippen LogP contribution in [0.3, 0.4) is 0 Å². The van der Waals surface area contributed by atoms with E-state index in [0.29, 0.717) is 0 Å². The Morgan fingerprint density at radius 1 is 1.00 bits per heavy atom. The molecule has 0 bridgehead atoms. The molecule has 1 atom stereocenters. The first kappa shape index (κ1) is 29.2. The lowest BCUT2D eigenvalue weighted by Gasteiger charge is -2.17. The van der Waals surface area contributed by atoms with E-state index in [2.05, 4.69) is 27.0 Å². The molecule has 0 aromatic rings. The van der Waals surface area contributed by atoms with Crippen molar-refractivity contribution < 1.29 is 14.4 Å². The number of amides is 3. The number of unbranched alkanes of at least 4 members (excludes halogenated alkanes) is 2. The number of nitrogens with one attached hydrogen (secondary N) is 4. The van der Waals surface area contributed by atoms with E-state index in [1.807, 2.05) is 12.5 Å². The van der Waals surface area contributed by atoms with Crippen molar-refractivity contribution in [3.63, 3.8) is 0 Å². The molecule has 8 N–H and O–H groups in total. The van der Waals surface area contributed by atoms with Crippen molar-refractivity contribution in [3.05, 3.63) is 0 Å². The first-order chi connectivity index (χ1) is 13.4. The predicted octanol–water partition coefficient (Wildman–Crippen LogP) is 0.114. The van der Waals surface area contributed by atoms with Crippen LogP contribution in [0.4, 0.5) is 0 Å². The maximum Gasteiger partial charge on any atom is 0.238 e. The van der Waals surface area contributed by atoms with Crippen molar-refractivity contribution in [2.45, 2.75) is 51.5 Å².